The molecular weight excluding hydrogens is 304 g/mol. The third-order valence-electron chi connectivity index (χ3n) is 2.72. The van der Waals surface area contributed by atoms with E-state index in [9.17, 15) is 9.00 Å². The van der Waals surface area contributed by atoms with Crippen molar-refractivity contribution in [2.24, 2.45) is 5.92 Å². The number of halogens is 1. The molecule has 1 saturated heterocycles. The molecule has 2 atom stereocenters. The van der Waals surface area contributed by atoms with Crippen LogP contribution in [0.25, 0.3) is 0 Å². The van der Waals surface area contributed by atoms with Gasteiger partial charge >= 0.3 is 0 Å². The summed E-state index contributed by atoms with van der Waals surface area (Å²) in [4.78, 5) is 12.5. The number of benzene rings is 1. The zero-order valence-electron chi connectivity index (χ0n) is 9.23. The number of hydrogen-bond acceptors (Lipinski definition) is 3. The zero-order chi connectivity index (χ0) is 12.3. The van der Waals surface area contributed by atoms with Gasteiger partial charge in [0.05, 0.1) is 23.2 Å². The van der Waals surface area contributed by atoms with Gasteiger partial charge in [0.2, 0.25) is 0 Å². The van der Waals surface area contributed by atoms with Gasteiger partial charge in [0.25, 0.3) is 0 Å². The lowest BCUT2D eigenvalue weighted by atomic mass is 10.1. The Bertz CT molecular complexity index is 441. The molecule has 0 saturated carbocycles. The highest BCUT2D eigenvalue weighted by molar-refractivity contribution is 9.10. The minimum Gasteiger partial charge on any atom is -0.381 e. The van der Waals surface area contributed by atoms with E-state index in [2.05, 4.69) is 15.9 Å². The minimum atomic E-state index is -1.25. The van der Waals surface area contributed by atoms with E-state index < -0.39 is 10.8 Å². The molecule has 3 nitrogen and oxygen atoms in total. The molecule has 0 aromatic heterocycles. The highest BCUT2D eigenvalue weighted by Crippen LogP contribution is 2.18. The molecule has 92 valence electrons. The molecule has 0 bridgehead atoms. The van der Waals surface area contributed by atoms with E-state index in [1.54, 1.807) is 12.1 Å². The first-order valence-corrected chi connectivity index (χ1v) is 7.52. The molecule has 17 heavy (non-hydrogen) atoms. The van der Waals surface area contributed by atoms with E-state index in [4.69, 9.17) is 4.74 Å². The van der Waals surface area contributed by atoms with Crippen LogP contribution in [-0.4, -0.2) is 29.0 Å². The summed E-state index contributed by atoms with van der Waals surface area (Å²) in [5, 5.41) is 0. The number of Topliss-reactive ketones (excluding diaryl/α,β-unsaturated/α-hetero) is 1. The number of carbonyl (C=O) groups excluding carboxylic acids is 1. The second-order valence-corrected chi connectivity index (χ2v) is 6.34. The van der Waals surface area contributed by atoms with E-state index in [1.165, 1.54) is 0 Å². The first-order valence-electron chi connectivity index (χ1n) is 5.41. The van der Waals surface area contributed by atoms with Crippen molar-refractivity contribution in [2.75, 3.05) is 19.0 Å². The Morgan fingerprint density at radius 1 is 1.53 bits per heavy atom. The van der Waals surface area contributed by atoms with Gasteiger partial charge in [0.15, 0.2) is 5.78 Å². The zero-order valence-corrected chi connectivity index (χ0v) is 11.6. The molecule has 1 aromatic carbocycles. The molecule has 0 amide bonds. The third-order valence-corrected chi connectivity index (χ3v) is 4.54. The van der Waals surface area contributed by atoms with Crippen LogP contribution in [0.4, 0.5) is 0 Å². The molecular formula is C12H13BrO3S. The Hall–Kier alpha value is -0.520. The summed E-state index contributed by atoms with van der Waals surface area (Å²) in [5.74, 6) is 0.0664. The quantitative estimate of drug-likeness (QED) is 0.855. The lowest BCUT2D eigenvalue weighted by Crippen LogP contribution is -2.21. The molecule has 1 heterocycles. The summed E-state index contributed by atoms with van der Waals surface area (Å²) >= 11 is 3.32. The van der Waals surface area contributed by atoms with Gasteiger partial charge in [-0.05, 0) is 24.6 Å². The van der Waals surface area contributed by atoms with Gasteiger partial charge in [-0.1, -0.05) is 22.0 Å². The summed E-state index contributed by atoms with van der Waals surface area (Å²) in [5.41, 5.74) is 0. The van der Waals surface area contributed by atoms with Gasteiger partial charge in [-0.15, -0.1) is 0 Å². The number of hydrogen-bond donors (Lipinski definition) is 0. The summed E-state index contributed by atoms with van der Waals surface area (Å²) in [6.07, 6.45) is 0.758. The first-order chi connectivity index (χ1) is 8.16. The van der Waals surface area contributed by atoms with Crippen LogP contribution in [0, 0.1) is 5.92 Å². The van der Waals surface area contributed by atoms with Crippen molar-refractivity contribution >= 4 is 32.5 Å². The molecule has 1 fully saturated rings. The van der Waals surface area contributed by atoms with Crippen molar-refractivity contribution in [2.45, 2.75) is 11.3 Å². The molecule has 0 aliphatic carbocycles. The Morgan fingerprint density at radius 3 is 3.00 bits per heavy atom. The van der Waals surface area contributed by atoms with Crippen LogP contribution >= 0.6 is 15.9 Å². The summed E-state index contributed by atoms with van der Waals surface area (Å²) in [6, 6.07) is 7.25. The van der Waals surface area contributed by atoms with Crippen molar-refractivity contribution in [1.82, 2.24) is 0 Å². The second kappa shape index (κ2) is 5.89. The van der Waals surface area contributed by atoms with Crippen LogP contribution in [0.5, 0.6) is 0 Å². The monoisotopic (exact) mass is 316 g/mol. The predicted molar refractivity (Wildman–Crippen MR) is 69.4 cm³/mol. The summed E-state index contributed by atoms with van der Waals surface area (Å²) < 4.78 is 18.0. The maximum atomic E-state index is 12.0. The maximum absolute atomic E-state index is 12.0. The van der Waals surface area contributed by atoms with Crippen molar-refractivity contribution in [3.8, 4) is 0 Å². The molecule has 0 spiro atoms. The Morgan fingerprint density at radius 2 is 2.35 bits per heavy atom. The topological polar surface area (TPSA) is 43.4 Å². The molecule has 0 radical (unpaired) electrons. The highest BCUT2D eigenvalue weighted by Gasteiger charge is 2.25. The van der Waals surface area contributed by atoms with Gasteiger partial charge in [0.1, 0.15) is 0 Å². The third kappa shape index (κ3) is 3.47. The molecule has 5 heteroatoms. The fraction of sp³-hybridized carbons (Fsp3) is 0.417. The number of carbonyl (C=O) groups is 1. The van der Waals surface area contributed by atoms with E-state index in [0.29, 0.717) is 18.1 Å². The smallest absolute Gasteiger partial charge is 0.151 e. The van der Waals surface area contributed by atoms with Gasteiger partial charge in [-0.25, -0.2) is 0 Å². The van der Waals surface area contributed by atoms with Crippen LogP contribution in [0.2, 0.25) is 0 Å². The van der Waals surface area contributed by atoms with Gasteiger partial charge in [-0.3, -0.25) is 9.00 Å². The lowest BCUT2D eigenvalue weighted by molar-refractivity contribution is -0.120. The van der Waals surface area contributed by atoms with E-state index in [-0.39, 0.29) is 17.5 Å². The molecule has 1 aliphatic heterocycles. The molecule has 1 aromatic rings. The maximum Gasteiger partial charge on any atom is 0.151 e. The summed E-state index contributed by atoms with van der Waals surface area (Å²) in [7, 11) is -1.25. The normalized spacial score (nSPS) is 21.4. The van der Waals surface area contributed by atoms with Crippen molar-refractivity contribution in [3.63, 3.8) is 0 Å². The van der Waals surface area contributed by atoms with Crippen molar-refractivity contribution in [1.29, 1.82) is 0 Å². The Kier molecular flexibility index (Phi) is 4.48. The van der Waals surface area contributed by atoms with E-state index >= 15 is 0 Å². The Balaban J connectivity index is 1.99. The average molecular weight is 317 g/mol. The van der Waals surface area contributed by atoms with E-state index in [1.807, 2.05) is 12.1 Å². The van der Waals surface area contributed by atoms with Crippen LogP contribution in [0.3, 0.4) is 0 Å². The fourth-order valence-corrected chi connectivity index (χ4v) is 3.43. The lowest BCUT2D eigenvalue weighted by Gasteiger charge is -2.06. The van der Waals surface area contributed by atoms with Gasteiger partial charge in [0, 0.05) is 21.9 Å². The molecule has 0 N–H and O–H groups in total. The number of ether oxygens (including phenoxy) is 1. The standard InChI is InChI=1S/C12H13BrO3S/c13-10-2-1-3-11(6-10)17(15)8-12(14)9-4-5-16-7-9/h1-3,6,9H,4-5,7-8H2. The number of ketones is 1. The van der Waals surface area contributed by atoms with Gasteiger partial charge in [-0.2, -0.15) is 0 Å². The SMILES string of the molecule is O=C(CS(=O)c1cccc(Br)c1)C1CCOC1. The highest BCUT2D eigenvalue weighted by atomic mass is 79.9. The van der Waals surface area contributed by atoms with Crippen molar-refractivity contribution in [3.05, 3.63) is 28.7 Å². The number of rotatable bonds is 4. The largest absolute Gasteiger partial charge is 0.381 e. The predicted octanol–water partition coefficient (Wildman–Crippen LogP) is 2.16. The van der Waals surface area contributed by atoms with E-state index in [0.717, 1.165) is 10.9 Å². The van der Waals surface area contributed by atoms with Crippen LogP contribution in [0.1, 0.15) is 6.42 Å². The minimum absolute atomic E-state index is 0.0424. The van der Waals surface area contributed by atoms with Crippen LogP contribution in [0.15, 0.2) is 33.6 Å². The van der Waals surface area contributed by atoms with Crippen LogP contribution < -0.4 is 0 Å². The first kappa shape index (κ1) is 12.9. The van der Waals surface area contributed by atoms with Crippen LogP contribution in [-0.2, 0) is 20.3 Å². The van der Waals surface area contributed by atoms with Crippen molar-refractivity contribution < 1.29 is 13.7 Å². The summed E-state index contributed by atoms with van der Waals surface area (Å²) in [6.45, 7) is 1.12. The average Bonchev–Trinajstić information content (AvgIpc) is 2.82. The molecule has 1 aliphatic rings. The molecule has 2 unspecified atom stereocenters. The molecule has 2 rings (SSSR count). The fourth-order valence-electron chi connectivity index (χ4n) is 1.73. The van der Waals surface area contributed by atoms with Gasteiger partial charge < -0.3 is 4.74 Å². The Labute approximate surface area is 111 Å². The second-order valence-electron chi connectivity index (χ2n) is 3.97.